The van der Waals surface area contributed by atoms with E-state index in [2.05, 4.69) is 5.32 Å². The summed E-state index contributed by atoms with van der Waals surface area (Å²) in [5.41, 5.74) is 1.49. The van der Waals surface area contributed by atoms with Gasteiger partial charge in [0.15, 0.2) is 0 Å². The summed E-state index contributed by atoms with van der Waals surface area (Å²) >= 11 is 5.82. The first kappa shape index (κ1) is 16.5. The smallest absolute Gasteiger partial charge is 0.229 e. The monoisotopic (exact) mass is 346 g/mol. The van der Waals surface area contributed by atoms with Crippen molar-refractivity contribution >= 4 is 29.1 Å². The lowest BCUT2D eigenvalue weighted by atomic mass is 10.1. The Morgan fingerprint density at radius 1 is 1.17 bits per heavy atom. The zero-order valence-electron chi connectivity index (χ0n) is 12.8. The number of hydrogen-bond acceptors (Lipinski definition) is 2. The van der Waals surface area contributed by atoms with Crippen LogP contribution in [0.3, 0.4) is 0 Å². The maximum atomic E-state index is 13.0. The molecule has 2 aromatic rings. The summed E-state index contributed by atoms with van der Waals surface area (Å²) in [6, 6.07) is 12.6. The molecule has 1 N–H and O–H groups in total. The molecular formula is C18H16ClFN2O2. The molecule has 1 saturated heterocycles. The zero-order valence-corrected chi connectivity index (χ0v) is 13.6. The van der Waals surface area contributed by atoms with Gasteiger partial charge in [0.2, 0.25) is 11.8 Å². The third kappa shape index (κ3) is 3.92. The van der Waals surface area contributed by atoms with Crippen LogP contribution in [-0.4, -0.2) is 24.4 Å². The van der Waals surface area contributed by atoms with Crippen molar-refractivity contribution in [1.29, 1.82) is 0 Å². The van der Waals surface area contributed by atoms with Crippen LogP contribution < -0.4 is 10.2 Å². The summed E-state index contributed by atoms with van der Waals surface area (Å²) in [6.45, 7) is 0.386. The van der Waals surface area contributed by atoms with Gasteiger partial charge in [-0.2, -0.15) is 0 Å². The van der Waals surface area contributed by atoms with E-state index in [0.717, 1.165) is 5.56 Å². The lowest BCUT2D eigenvalue weighted by Crippen LogP contribution is -2.38. The number of amides is 2. The third-order valence-electron chi connectivity index (χ3n) is 3.91. The fourth-order valence-electron chi connectivity index (χ4n) is 2.74. The molecule has 4 nitrogen and oxygen atoms in total. The van der Waals surface area contributed by atoms with Crippen molar-refractivity contribution in [3.8, 4) is 0 Å². The van der Waals surface area contributed by atoms with Crippen LogP contribution in [0.4, 0.5) is 10.1 Å². The topological polar surface area (TPSA) is 49.4 Å². The highest BCUT2D eigenvalue weighted by atomic mass is 35.5. The zero-order chi connectivity index (χ0) is 17.1. The van der Waals surface area contributed by atoms with E-state index in [1.165, 1.54) is 12.1 Å². The van der Waals surface area contributed by atoms with Crippen LogP contribution in [-0.2, 0) is 16.0 Å². The minimum Gasteiger partial charge on any atom is -0.351 e. The molecule has 2 amide bonds. The summed E-state index contributed by atoms with van der Waals surface area (Å²) in [6.07, 6.45) is 0.474. The molecule has 124 valence electrons. The standard InChI is InChI=1S/C18H16ClFN2O2/c19-13-3-1-12(2-4-13)9-17(23)21-15-10-18(24)22(11-15)16-7-5-14(20)6-8-16/h1-8,15H,9-11H2,(H,21,23)/t15-/m0/s1. The molecule has 1 atom stereocenters. The van der Waals surface area contributed by atoms with E-state index in [1.807, 2.05) is 0 Å². The minimum absolute atomic E-state index is 0.0848. The van der Waals surface area contributed by atoms with Gasteiger partial charge in [-0.05, 0) is 42.0 Å². The van der Waals surface area contributed by atoms with Crippen LogP contribution in [0.25, 0.3) is 0 Å². The van der Waals surface area contributed by atoms with Gasteiger partial charge in [-0.1, -0.05) is 23.7 Å². The number of carbonyl (C=O) groups excluding carboxylic acids is 2. The van der Waals surface area contributed by atoms with Crippen LogP contribution in [0, 0.1) is 5.82 Å². The molecule has 1 aliphatic heterocycles. The first-order chi connectivity index (χ1) is 11.5. The van der Waals surface area contributed by atoms with Crippen LogP contribution >= 0.6 is 11.6 Å². The van der Waals surface area contributed by atoms with E-state index in [0.29, 0.717) is 17.3 Å². The average Bonchev–Trinajstić information content (AvgIpc) is 2.90. The van der Waals surface area contributed by atoms with Crippen LogP contribution in [0.5, 0.6) is 0 Å². The maximum Gasteiger partial charge on any atom is 0.229 e. The molecular weight excluding hydrogens is 331 g/mol. The first-order valence-corrected chi connectivity index (χ1v) is 7.99. The molecule has 0 aromatic heterocycles. The highest BCUT2D eigenvalue weighted by Crippen LogP contribution is 2.22. The number of rotatable bonds is 4. The van der Waals surface area contributed by atoms with Gasteiger partial charge in [0.05, 0.1) is 12.5 Å². The van der Waals surface area contributed by atoms with Crippen molar-refractivity contribution in [1.82, 2.24) is 5.32 Å². The van der Waals surface area contributed by atoms with E-state index in [4.69, 9.17) is 11.6 Å². The Morgan fingerprint density at radius 2 is 1.83 bits per heavy atom. The number of nitrogens with zero attached hydrogens (tertiary/aromatic N) is 1. The molecule has 0 spiro atoms. The molecule has 0 unspecified atom stereocenters. The summed E-state index contributed by atoms with van der Waals surface area (Å²) in [7, 11) is 0. The molecule has 0 radical (unpaired) electrons. The van der Waals surface area contributed by atoms with Gasteiger partial charge in [-0.25, -0.2) is 4.39 Å². The Labute approximate surface area is 144 Å². The number of benzene rings is 2. The summed E-state index contributed by atoms with van der Waals surface area (Å²) < 4.78 is 13.0. The number of carbonyl (C=O) groups is 2. The maximum absolute atomic E-state index is 13.0. The largest absolute Gasteiger partial charge is 0.351 e. The molecule has 1 heterocycles. The SMILES string of the molecule is O=C(Cc1ccc(Cl)cc1)N[C@H]1CC(=O)N(c2ccc(F)cc2)C1. The Kier molecular flexibility index (Phi) is 4.81. The molecule has 0 bridgehead atoms. The third-order valence-corrected chi connectivity index (χ3v) is 4.16. The lowest BCUT2D eigenvalue weighted by molar-refractivity contribution is -0.121. The lowest BCUT2D eigenvalue weighted by Gasteiger charge is -2.17. The van der Waals surface area contributed by atoms with E-state index in [1.54, 1.807) is 41.3 Å². The predicted octanol–water partition coefficient (Wildman–Crippen LogP) is 2.94. The fraction of sp³-hybridized carbons (Fsp3) is 0.222. The number of nitrogens with one attached hydrogen (secondary N) is 1. The Morgan fingerprint density at radius 3 is 2.50 bits per heavy atom. The first-order valence-electron chi connectivity index (χ1n) is 7.61. The van der Waals surface area contributed by atoms with Crippen molar-refractivity contribution in [2.24, 2.45) is 0 Å². The quantitative estimate of drug-likeness (QED) is 0.925. The summed E-state index contributed by atoms with van der Waals surface area (Å²) in [4.78, 5) is 25.8. The second-order valence-corrected chi connectivity index (χ2v) is 6.19. The van der Waals surface area contributed by atoms with Crippen molar-refractivity contribution in [2.45, 2.75) is 18.9 Å². The van der Waals surface area contributed by atoms with Crippen LogP contribution in [0.15, 0.2) is 48.5 Å². The molecule has 1 fully saturated rings. The Bertz CT molecular complexity index is 747. The Balaban J connectivity index is 1.58. The molecule has 0 aliphatic carbocycles. The van der Waals surface area contributed by atoms with Crippen LogP contribution in [0.1, 0.15) is 12.0 Å². The van der Waals surface area contributed by atoms with E-state index in [9.17, 15) is 14.0 Å². The van der Waals surface area contributed by atoms with Crippen molar-refractivity contribution in [3.05, 3.63) is 64.9 Å². The molecule has 2 aromatic carbocycles. The van der Waals surface area contributed by atoms with Gasteiger partial charge >= 0.3 is 0 Å². The summed E-state index contributed by atoms with van der Waals surface area (Å²) in [5, 5.41) is 3.50. The fourth-order valence-corrected chi connectivity index (χ4v) is 2.87. The average molecular weight is 347 g/mol. The number of anilines is 1. The van der Waals surface area contributed by atoms with Gasteiger partial charge < -0.3 is 10.2 Å². The molecule has 1 aliphatic rings. The van der Waals surface area contributed by atoms with Gasteiger partial charge in [0, 0.05) is 23.7 Å². The molecule has 24 heavy (non-hydrogen) atoms. The summed E-state index contributed by atoms with van der Waals surface area (Å²) in [5.74, 6) is -0.576. The van der Waals surface area contributed by atoms with Crippen molar-refractivity contribution < 1.29 is 14.0 Å². The molecule has 0 saturated carbocycles. The molecule has 3 rings (SSSR count). The van der Waals surface area contributed by atoms with Gasteiger partial charge in [0.1, 0.15) is 5.82 Å². The molecule has 6 heteroatoms. The van der Waals surface area contributed by atoms with Gasteiger partial charge in [-0.15, -0.1) is 0 Å². The predicted molar refractivity (Wildman–Crippen MR) is 90.5 cm³/mol. The highest BCUT2D eigenvalue weighted by Gasteiger charge is 2.31. The van der Waals surface area contributed by atoms with Crippen LogP contribution in [0.2, 0.25) is 5.02 Å². The van der Waals surface area contributed by atoms with Gasteiger partial charge in [-0.3, -0.25) is 9.59 Å². The Hall–Kier alpha value is -2.40. The second-order valence-electron chi connectivity index (χ2n) is 5.75. The minimum atomic E-state index is -0.349. The second kappa shape index (κ2) is 7.01. The van der Waals surface area contributed by atoms with E-state index < -0.39 is 0 Å². The number of hydrogen-bond donors (Lipinski definition) is 1. The normalized spacial score (nSPS) is 17.2. The van der Waals surface area contributed by atoms with Crippen molar-refractivity contribution in [2.75, 3.05) is 11.4 Å². The van der Waals surface area contributed by atoms with E-state index >= 15 is 0 Å². The number of halogens is 2. The van der Waals surface area contributed by atoms with E-state index in [-0.39, 0.29) is 36.5 Å². The van der Waals surface area contributed by atoms with Gasteiger partial charge in [0.25, 0.3) is 0 Å². The highest BCUT2D eigenvalue weighted by molar-refractivity contribution is 6.30. The van der Waals surface area contributed by atoms with Crippen molar-refractivity contribution in [3.63, 3.8) is 0 Å².